The summed E-state index contributed by atoms with van der Waals surface area (Å²) in [5.41, 5.74) is 1.95. The van der Waals surface area contributed by atoms with E-state index in [4.69, 9.17) is 4.74 Å². The van der Waals surface area contributed by atoms with Gasteiger partial charge in [0.15, 0.2) is 0 Å². The molecule has 23 heavy (non-hydrogen) atoms. The van der Waals surface area contributed by atoms with Crippen LogP contribution in [-0.4, -0.2) is 42.5 Å². The molecule has 2 amide bonds. The van der Waals surface area contributed by atoms with Gasteiger partial charge >= 0.3 is 0 Å². The molecule has 0 aromatic heterocycles. The third-order valence-corrected chi connectivity index (χ3v) is 4.64. The maximum atomic E-state index is 12.7. The van der Waals surface area contributed by atoms with Gasteiger partial charge in [0.2, 0.25) is 11.8 Å². The molecule has 2 aliphatic rings. The molecule has 0 spiro atoms. The number of ether oxygens (including phenoxy) is 1. The second kappa shape index (κ2) is 6.60. The average Bonchev–Trinajstić information content (AvgIpc) is 2.54. The molecule has 3 rings (SSSR count). The molecular formula is C18H24N2O3. The van der Waals surface area contributed by atoms with Crippen LogP contribution in [0.25, 0.3) is 0 Å². The van der Waals surface area contributed by atoms with E-state index in [1.165, 1.54) is 0 Å². The van der Waals surface area contributed by atoms with Crippen molar-refractivity contribution >= 4 is 17.5 Å². The quantitative estimate of drug-likeness (QED) is 0.861. The minimum absolute atomic E-state index is 0.0490. The van der Waals surface area contributed by atoms with Gasteiger partial charge in [0, 0.05) is 25.4 Å². The maximum absolute atomic E-state index is 12.7. The zero-order valence-corrected chi connectivity index (χ0v) is 13.9. The fourth-order valence-electron chi connectivity index (χ4n) is 3.35. The molecule has 2 heterocycles. The smallest absolute Gasteiger partial charge is 0.229 e. The minimum atomic E-state index is -0.0490. The summed E-state index contributed by atoms with van der Waals surface area (Å²) >= 11 is 0. The molecule has 5 heteroatoms. The summed E-state index contributed by atoms with van der Waals surface area (Å²) in [5, 5.41) is 0. The summed E-state index contributed by atoms with van der Waals surface area (Å²) in [7, 11) is 0. The lowest BCUT2D eigenvalue weighted by Gasteiger charge is -2.35. The number of carbonyl (C=O) groups is 2. The zero-order valence-electron chi connectivity index (χ0n) is 13.9. The van der Waals surface area contributed by atoms with Gasteiger partial charge in [-0.15, -0.1) is 0 Å². The number of nitrogens with zero attached hydrogens (tertiary/aromatic N) is 2. The molecule has 5 nitrogen and oxygen atoms in total. The molecule has 2 aliphatic heterocycles. The lowest BCUT2D eigenvalue weighted by Crippen LogP contribution is -2.46. The fraction of sp³-hybridized carbons (Fsp3) is 0.556. The number of fused-ring (bicyclic) bond motifs is 1. The van der Waals surface area contributed by atoms with E-state index in [1.54, 1.807) is 4.90 Å². The van der Waals surface area contributed by atoms with Crippen LogP contribution < -0.4 is 9.64 Å². The lowest BCUT2D eigenvalue weighted by molar-refractivity contribution is -0.136. The normalized spacial score (nSPS) is 19.1. The van der Waals surface area contributed by atoms with Crippen molar-refractivity contribution in [1.82, 2.24) is 4.90 Å². The van der Waals surface area contributed by atoms with Gasteiger partial charge in [0.1, 0.15) is 12.4 Å². The van der Waals surface area contributed by atoms with Crippen molar-refractivity contribution in [3.8, 4) is 5.75 Å². The van der Waals surface area contributed by atoms with Crippen molar-refractivity contribution in [2.45, 2.75) is 45.6 Å². The van der Waals surface area contributed by atoms with Crippen molar-refractivity contribution in [1.29, 1.82) is 0 Å². The van der Waals surface area contributed by atoms with Crippen LogP contribution in [0.3, 0.4) is 0 Å². The highest BCUT2D eigenvalue weighted by Gasteiger charge is 2.29. The summed E-state index contributed by atoms with van der Waals surface area (Å²) in [6.07, 6.45) is 2.97. The molecule has 124 valence electrons. The third kappa shape index (κ3) is 3.33. The van der Waals surface area contributed by atoms with Gasteiger partial charge in [0.25, 0.3) is 0 Å². The number of benzene rings is 1. The maximum Gasteiger partial charge on any atom is 0.229 e. The molecule has 1 aromatic rings. The summed E-state index contributed by atoms with van der Waals surface area (Å²) in [6, 6.07) is 5.85. The highest BCUT2D eigenvalue weighted by Crippen LogP contribution is 2.33. The van der Waals surface area contributed by atoms with Crippen LogP contribution in [0.5, 0.6) is 5.75 Å². The topological polar surface area (TPSA) is 49.9 Å². The number of piperidine rings is 1. The van der Waals surface area contributed by atoms with E-state index in [1.807, 2.05) is 36.9 Å². The van der Waals surface area contributed by atoms with Crippen LogP contribution in [0.1, 0.15) is 38.2 Å². The number of aryl methyl sites for hydroxylation is 1. The monoisotopic (exact) mass is 316 g/mol. The number of likely N-dealkylation sites (tertiary alicyclic amines) is 1. The predicted molar refractivity (Wildman–Crippen MR) is 88.7 cm³/mol. The fourth-order valence-corrected chi connectivity index (χ4v) is 3.35. The number of hydrogen-bond acceptors (Lipinski definition) is 3. The standard InChI is InChI=1S/C18H24N2O3/c1-13-6-7-15-16(11-13)23-10-9-20(15)18(22)12-14(2)19-8-4-3-5-17(19)21/h6-7,11,14H,3-5,8-10,12H2,1-2H3. The van der Waals surface area contributed by atoms with E-state index in [0.717, 1.165) is 36.4 Å². The SMILES string of the molecule is Cc1ccc2c(c1)OCCN2C(=O)CC(C)N1CCCCC1=O. The molecule has 0 aliphatic carbocycles. The summed E-state index contributed by atoms with van der Waals surface area (Å²) < 4.78 is 5.66. The van der Waals surface area contributed by atoms with E-state index in [0.29, 0.717) is 26.0 Å². The average molecular weight is 316 g/mol. The van der Waals surface area contributed by atoms with Gasteiger partial charge in [-0.25, -0.2) is 0 Å². The summed E-state index contributed by atoms with van der Waals surface area (Å²) in [4.78, 5) is 28.4. The van der Waals surface area contributed by atoms with E-state index in [2.05, 4.69) is 0 Å². The molecule has 0 bridgehead atoms. The van der Waals surface area contributed by atoms with Crippen molar-refractivity contribution < 1.29 is 14.3 Å². The molecule has 1 aromatic carbocycles. The van der Waals surface area contributed by atoms with Gasteiger partial charge in [-0.05, 0) is 44.4 Å². The van der Waals surface area contributed by atoms with Crippen LogP contribution in [0.4, 0.5) is 5.69 Å². The van der Waals surface area contributed by atoms with Gasteiger partial charge in [-0.2, -0.15) is 0 Å². The van der Waals surface area contributed by atoms with Crippen LogP contribution >= 0.6 is 0 Å². The molecule has 0 N–H and O–H groups in total. The van der Waals surface area contributed by atoms with Crippen molar-refractivity contribution in [3.63, 3.8) is 0 Å². The van der Waals surface area contributed by atoms with E-state index >= 15 is 0 Å². The minimum Gasteiger partial charge on any atom is -0.490 e. The zero-order chi connectivity index (χ0) is 16.4. The predicted octanol–water partition coefficient (Wildman–Crippen LogP) is 2.51. The van der Waals surface area contributed by atoms with E-state index < -0.39 is 0 Å². The lowest BCUT2D eigenvalue weighted by atomic mass is 10.1. The first-order valence-corrected chi connectivity index (χ1v) is 8.39. The molecule has 0 radical (unpaired) electrons. The Balaban J connectivity index is 1.70. The van der Waals surface area contributed by atoms with Crippen LogP contribution in [-0.2, 0) is 9.59 Å². The largest absolute Gasteiger partial charge is 0.490 e. The number of hydrogen-bond donors (Lipinski definition) is 0. The molecular weight excluding hydrogens is 292 g/mol. The summed E-state index contributed by atoms with van der Waals surface area (Å²) in [5.74, 6) is 1.00. The number of rotatable bonds is 3. The second-order valence-corrected chi connectivity index (χ2v) is 6.46. The van der Waals surface area contributed by atoms with Gasteiger partial charge in [-0.1, -0.05) is 6.07 Å². The third-order valence-electron chi connectivity index (χ3n) is 4.64. The van der Waals surface area contributed by atoms with Crippen LogP contribution in [0.2, 0.25) is 0 Å². The van der Waals surface area contributed by atoms with Crippen molar-refractivity contribution in [3.05, 3.63) is 23.8 Å². The Kier molecular flexibility index (Phi) is 4.55. The number of amides is 2. The Hall–Kier alpha value is -2.04. The Morgan fingerprint density at radius 3 is 2.91 bits per heavy atom. The van der Waals surface area contributed by atoms with E-state index in [9.17, 15) is 9.59 Å². The first kappa shape index (κ1) is 15.8. The van der Waals surface area contributed by atoms with Crippen molar-refractivity contribution in [2.75, 3.05) is 24.6 Å². The summed E-state index contributed by atoms with van der Waals surface area (Å²) in [6.45, 7) is 5.83. The van der Waals surface area contributed by atoms with Gasteiger partial charge < -0.3 is 14.5 Å². The van der Waals surface area contributed by atoms with E-state index in [-0.39, 0.29) is 17.9 Å². The number of carbonyl (C=O) groups excluding carboxylic acids is 2. The molecule has 1 saturated heterocycles. The Morgan fingerprint density at radius 1 is 1.30 bits per heavy atom. The molecule has 1 atom stereocenters. The Bertz CT molecular complexity index is 614. The Labute approximate surface area is 137 Å². The first-order valence-electron chi connectivity index (χ1n) is 8.39. The van der Waals surface area contributed by atoms with Crippen LogP contribution in [0.15, 0.2) is 18.2 Å². The second-order valence-electron chi connectivity index (χ2n) is 6.46. The van der Waals surface area contributed by atoms with Crippen molar-refractivity contribution in [2.24, 2.45) is 0 Å². The molecule has 1 unspecified atom stereocenters. The molecule has 1 fully saturated rings. The molecule has 0 saturated carbocycles. The van der Waals surface area contributed by atoms with Gasteiger partial charge in [0.05, 0.1) is 12.2 Å². The first-order chi connectivity index (χ1) is 11.1. The van der Waals surface area contributed by atoms with Crippen LogP contribution in [0, 0.1) is 6.92 Å². The highest BCUT2D eigenvalue weighted by atomic mass is 16.5. The van der Waals surface area contributed by atoms with Gasteiger partial charge in [-0.3, -0.25) is 9.59 Å². The highest BCUT2D eigenvalue weighted by molar-refractivity contribution is 5.96. The number of anilines is 1. The Morgan fingerprint density at radius 2 is 2.13 bits per heavy atom.